The van der Waals surface area contributed by atoms with Gasteiger partial charge in [0.1, 0.15) is 0 Å². The van der Waals surface area contributed by atoms with E-state index in [4.69, 9.17) is 0 Å². The van der Waals surface area contributed by atoms with E-state index >= 15 is 0 Å². The van der Waals surface area contributed by atoms with Crippen molar-refractivity contribution in [3.63, 3.8) is 0 Å². The van der Waals surface area contributed by atoms with E-state index in [0.717, 1.165) is 5.69 Å². The van der Waals surface area contributed by atoms with E-state index < -0.39 is 7.26 Å². The molecule has 0 saturated carbocycles. The molecule has 0 atom stereocenters. The third-order valence-corrected chi connectivity index (χ3v) is 4.41. The van der Waals surface area contributed by atoms with Gasteiger partial charge in [-0.1, -0.05) is 18.2 Å². The van der Waals surface area contributed by atoms with Gasteiger partial charge in [0.15, 0.2) is 0 Å². The van der Waals surface area contributed by atoms with Gasteiger partial charge < -0.3 is 0 Å². The molecule has 0 unspecified atom stereocenters. The quantitative estimate of drug-likeness (QED) is 0.721. The van der Waals surface area contributed by atoms with Gasteiger partial charge in [-0.2, -0.15) is 0 Å². The normalized spacial score (nSPS) is 11.4. The van der Waals surface area contributed by atoms with Crippen LogP contribution in [0.15, 0.2) is 48.7 Å². The van der Waals surface area contributed by atoms with Crippen LogP contribution in [0.3, 0.4) is 0 Å². The number of nitrogens with zero attached hydrogens (tertiary/aromatic N) is 1. The van der Waals surface area contributed by atoms with Crippen LogP contribution in [0.25, 0.3) is 11.3 Å². The number of rotatable bonds is 2. The average Bonchev–Trinajstić information content (AvgIpc) is 2.29. The van der Waals surface area contributed by atoms with Crippen LogP contribution in [0.1, 0.15) is 0 Å². The van der Waals surface area contributed by atoms with Gasteiger partial charge in [-0.3, -0.25) is 4.98 Å². The van der Waals surface area contributed by atoms with Crippen LogP contribution < -0.4 is 5.30 Å². The van der Waals surface area contributed by atoms with E-state index in [9.17, 15) is 0 Å². The molecule has 2 heteroatoms. The van der Waals surface area contributed by atoms with Crippen molar-refractivity contribution in [3.8, 4) is 11.3 Å². The summed E-state index contributed by atoms with van der Waals surface area (Å²) in [5, 5.41) is 1.45. The maximum atomic E-state index is 4.38. The lowest BCUT2D eigenvalue weighted by Gasteiger charge is -2.12. The van der Waals surface area contributed by atoms with Crippen molar-refractivity contribution >= 4 is 12.6 Å². The number of hydrogen-bond donors (Lipinski definition) is 0. The van der Waals surface area contributed by atoms with Crippen LogP contribution in [0.2, 0.25) is 0 Å². The molecule has 0 amide bonds. The van der Waals surface area contributed by atoms with Gasteiger partial charge in [0.25, 0.3) is 0 Å². The van der Waals surface area contributed by atoms with Crippen molar-refractivity contribution in [2.24, 2.45) is 0 Å². The van der Waals surface area contributed by atoms with Crippen LogP contribution in [0.4, 0.5) is 0 Å². The fourth-order valence-corrected chi connectivity index (χ4v) is 2.68. The summed E-state index contributed by atoms with van der Waals surface area (Å²) in [6, 6.07) is 14.8. The maximum Gasteiger partial charge on any atom is 0.0937 e. The lowest BCUT2D eigenvalue weighted by atomic mass is 10.1. The Labute approximate surface area is 97.9 Å². The maximum absolute atomic E-state index is 4.38. The predicted octanol–water partition coefficient (Wildman–Crippen LogP) is 3.28. The lowest BCUT2D eigenvalue weighted by molar-refractivity contribution is 1.33. The summed E-state index contributed by atoms with van der Waals surface area (Å²) in [4.78, 5) is 4.38. The first-order valence-corrected chi connectivity index (χ1v) is 8.54. The molecule has 1 aromatic carbocycles. The summed E-state index contributed by atoms with van der Waals surface area (Å²) < 4.78 is 0. The highest BCUT2D eigenvalue weighted by Gasteiger charge is 2.21. The molecule has 82 valence electrons. The van der Waals surface area contributed by atoms with Crippen LogP contribution in [0.5, 0.6) is 0 Å². The predicted molar refractivity (Wildman–Crippen MR) is 74.0 cm³/mol. The lowest BCUT2D eigenvalue weighted by Crippen LogP contribution is -2.07. The van der Waals surface area contributed by atoms with Crippen molar-refractivity contribution in [3.05, 3.63) is 48.7 Å². The van der Waals surface area contributed by atoms with E-state index in [2.05, 4.69) is 55.3 Å². The Kier molecular flexibility index (Phi) is 3.07. The molecular formula is C14H17NP+. The minimum Gasteiger partial charge on any atom is -0.256 e. The molecule has 0 saturated heterocycles. The topological polar surface area (TPSA) is 12.9 Å². The van der Waals surface area contributed by atoms with Gasteiger partial charge in [0.2, 0.25) is 0 Å². The Morgan fingerprint density at radius 3 is 2.38 bits per heavy atom. The Balaban J connectivity index is 2.45. The monoisotopic (exact) mass is 230 g/mol. The van der Waals surface area contributed by atoms with E-state index in [0.29, 0.717) is 0 Å². The molecule has 2 aromatic rings. The summed E-state index contributed by atoms with van der Waals surface area (Å²) in [5.74, 6) is 0. The van der Waals surface area contributed by atoms with E-state index in [1.807, 2.05) is 18.3 Å². The van der Waals surface area contributed by atoms with Crippen molar-refractivity contribution < 1.29 is 0 Å². The van der Waals surface area contributed by atoms with Crippen molar-refractivity contribution in [2.45, 2.75) is 0 Å². The van der Waals surface area contributed by atoms with Gasteiger partial charge >= 0.3 is 0 Å². The molecule has 0 aliphatic rings. The summed E-state index contributed by atoms with van der Waals surface area (Å²) in [5.41, 5.74) is 2.27. The molecule has 0 spiro atoms. The summed E-state index contributed by atoms with van der Waals surface area (Å²) >= 11 is 0. The molecule has 1 nitrogen and oxygen atoms in total. The number of hydrogen-bond acceptors (Lipinski definition) is 1. The van der Waals surface area contributed by atoms with Crippen LogP contribution in [-0.2, 0) is 0 Å². The number of benzene rings is 1. The fraction of sp³-hybridized carbons (Fsp3) is 0.214. The van der Waals surface area contributed by atoms with Crippen LogP contribution in [-0.4, -0.2) is 25.0 Å². The molecular weight excluding hydrogens is 213 g/mol. The second-order valence-electron chi connectivity index (χ2n) is 4.78. The minimum absolute atomic E-state index is 0.943. The zero-order chi connectivity index (χ0) is 11.6. The van der Waals surface area contributed by atoms with Crippen LogP contribution in [0, 0.1) is 0 Å². The first kappa shape index (κ1) is 11.3. The second kappa shape index (κ2) is 4.35. The number of pyridine rings is 1. The highest BCUT2D eigenvalue weighted by Crippen LogP contribution is 2.45. The standard InChI is InChI=1S/C14H17NP/c1-16(2,3)13-8-6-7-12(11-13)14-9-4-5-10-15-14/h4-11H,1-3H3/q+1. The zero-order valence-corrected chi connectivity index (χ0v) is 10.9. The molecule has 0 radical (unpaired) electrons. The first-order valence-electron chi connectivity index (χ1n) is 5.41. The van der Waals surface area contributed by atoms with E-state index in [1.54, 1.807) is 0 Å². The van der Waals surface area contributed by atoms with Gasteiger partial charge in [0.05, 0.1) is 31.0 Å². The zero-order valence-electron chi connectivity index (χ0n) is 10.0. The second-order valence-corrected chi connectivity index (χ2v) is 9.32. The SMILES string of the molecule is C[P+](C)(C)c1cccc(-c2ccccn2)c1. The summed E-state index contributed by atoms with van der Waals surface area (Å²) in [7, 11) is -0.943. The highest BCUT2D eigenvalue weighted by molar-refractivity contribution is 7.80. The molecule has 0 aliphatic heterocycles. The van der Waals surface area contributed by atoms with Crippen LogP contribution >= 0.6 is 7.26 Å². The van der Waals surface area contributed by atoms with Gasteiger partial charge in [0, 0.05) is 19.0 Å². The summed E-state index contributed by atoms with van der Waals surface area (Å²) in [6.07, 6.45) is 1.84. The smallest absolute Gasteiger partial charge is 0.0937 e. The summed E-state index contributed by atoms with van der Waals surface area (Å²) in [6.45, 7) is 7.01. The Hall–Kier alpha value is -1.20. The molecule has 0 bridgehead atoms. The van der Waals surface area contributed by atoms with E-state index in [-0.39, 0.29) is 0 Å². The van der Waals surface area contributed by atoms with Gasteiger partial charge in [-0.25, -0.2) is 0 Å². The minimum atomic E-state index is -0.943. The molecule has 0 aliphatic carbocycles. The largest absolute Gasteiger partial charge is 0.256 e. The van der Waals surface area contributed by atoms with Gasteiger partial charge in [-0.15, -0.1) is 0 Å². The molecule has 1 heterocycles. The molecule has 16 heavy (non-hydrogen) atoms. The third-order valence-electron chi connectivity index (χ3n) is 2.58. The number of aromatic nitrogens is 1. The highest BCUT2D eigenvalue weighted by atomic mass is 31.2. The van der Waals surface area contributed by atoms with Crippen molar-refractivity contribution in [1.29, 1.82) is 0 Å². The molecule has 1 aromatic heterocycles. The molecule has 0 fully saturated rings. The average molecular weight is 230 g/mol. The van der Waals surface area contributed by atoms with Gasteiger partial charge in [-0.05, 0) is 24.3 Å². The molecule has 0 N–H and O–H groups in total. The van der Waals surface area contributed by atoms with Crippen molar-refractivity contribution in [2.75, 3.05) is 20.0 Å². The molecule has 2 rings (SSSR count). The van der Waals surface area contributed by atoms with E-state index in [1.165, 1.54) is 10.9 Å². The Morgan fingerprint density at radius 2 is 1.75 bits per heavy atom. The third kappa shape index (κ3) is 2.48. The Bertz CT molecular complexity index is 472. The van der Waals surface area contributed by atoms with Crippen molar-refractivity contribution in [1.82, 2.24) is 4.98 Å². The Morgan fingerprint density at radius 1 is 0.938 bits per heavy atom. The fourth-order valence-electron chi connectivity index (χ4n) is 1.62. The first-order chi connectivity index (χ1) is 7.57.